The van der Waals surface area contributed by atoms with Crippen LogP contribution in [0.2, 0.25) is 0 Å². The number of carbonyl (C=O) groups is 2. The Bertz CT molecular complexity index is 1930. The molecule has 1 saturated heterocycles. The van der Waals surface area contributed by atoms with E-state index in [2.05, 4.69) is 0 Å². The first-order valence-electron chi connectivity index (χ1n) is 14.2. The number of Topliss-reactive ketones (excluding diaryl/α,β-unsaturated/α-hetero) is 1. The second kappa shape index (κ2) is 11.2. The zero-order valence-corrected chi connectivity index (χ0v) is 24.8. The number of nitrogens with zero attached hydrogens (tertiary/aromatic N) is 2. The average Bonchev–Trinajstić information content (AvgIpc) is 3.72. The number of fused-ring (bicyclic) bond motifs is 2. The molecule has 3 heterocycles. The first-order valence-corrected chi connectivity index (χ1v) is 15.0. The molecule has 8 nitrogen and oxygen atoms in total. The van der Waals surface area contributed by atoms with Crippen molar-refractivity contribution in [3.8, 4) is 17.2 Å². The van der Waals surface area contributed by atoms with Crippen molar-refractivity contribution in [3.63, 3.8) is 0 Å². The lowest BCUT2D eigenvalue weighted by molar-refractivity contribution is -0.132. The van der Waals surface area contributed by atoms with Gasteiger partial charge in [0, 0.05) is 12.0 Å². The van der Waals surface area contributed by atoms with Crippen molar-refractivity contribution < 1.29 is 28.9 Å². The maximum atomic E-state index is 13.7. The predicted octanol–water partition coefficient (Wildman–Crippen LogP) is 6.83. The molecule has 2 aliphatic heterocycles. The van der Waals surface area contributed by atoms with Crippen molar-refractivity contribution in [3.05, 3.63) is 119 Å². The molecule has 1 fully saturated rings. The molecule has 5 aromatic rings. The van der Waals surface area contributed by atoms with E-state index in [0.717, 1.165) is 21.6 Å². The van der Waals surface area contributed by atoms with Crippen LogP contribution in [0.15, 0.2) is 96.6 Å². The first-order chi connectivity index (χ1) is 21.4. The van der Waals surface area contributed by atoms with Crippen molar-refractivity contribution in [1.82, 2.24) is 4.98 Å². The smallest absolute Gasteiger partial charge is 0.301 e. The monoisotopic (exact) mass is 604 g/mol. The van der Waals surface area contributed by atoms with Gasteiger partial charge in [-0.2, -0.15) is 0 Å². The van der Waals surface area contributed by atoms with Crippen LogP contribution in [0, 0.1) is 0 Å². The molecule has 0 bridgehead atoms. The van der Waals surface area contributed by atoms with Gasteiger partial charge in [0.05, 0.1) is 28.9 Å². The third kappa shape index (κ3) is 4.95. The molecule has 44 heavy (non-hydrogen) atoms. The van der Waals surface area contributed by atoms with Crippen LogP contribution in [0.5, 0.6) is 17.2 Å². The SMILES string of the molecule is COc1ccc2nc(N3C(=O)C(=O)C(=C(O)c4ccc5c(c4)C[C@H](C)O5)[C@@H]3c3ccc(OCc4ccccc4)cc3)sc2c1. The number of hydrogen-bond acceptors (Lipinski definition) is 8. The van der Waals surface area contributed by atoms with Gasteiger partial charge in [-0.05, 0) is 72.1 Å². The molecule has 1 N–H and O–H groups in total. The van der Waals surface area contributed by atoms with Crippen LogP contribution in [0.1, 0.15) is 35.2 Å². The summed E-state index contributed by atoms with van der Waals surface area (Å²) >= 11 is 1.28. The van der Waals surface area contributed by atoms with Crippen molar-refractivity contribution in [2.24, 2.45) is 0 Å². The summed E-state index contributed by atoms with van der Waals surface area (Å²) in [4.78, 5) is 33.5. The number of benzene rings is 4. The Labute approximate surface area is 257 Å². The van der Waals surface area contributed by atoms with Crippen molar-refractivity contribution in [2.75, 3.05) is 12.0 Å². The molecule has 2 aliphatic rings. The summed E-state index contributed by atoms with van der Waals surface area (Å²) in [6.07, 6.45) is 0.710. The molecule has 0 aliphatic carbocycles. The molecule has 7 rings (SSSR count). The lowest BCUT2D eigenvalue weighted by atomic mass is 9.94. The number of ether oxygens (including phenoxy) is 3. The van der Waals surface area contributed by atoms with E-state index in [0.29, 0.717) is 46.3 Å². The highest BCUT2D eigenvalue weighted by molar-refractivity contribution is 7.22. The van der Waals surface area contributed by atoms with Crippen LogP contribution in [0.4, 0.5) is 5.13 Å². The minimum atomic E-state index is -0.913. The quantitative estimate of drug-likeness (QED) is 0.123. The van der Waals surface area contributed by atoms with E-state index in [9.17, 15) is 14.7 Å². The number of ketones is 1. The predicted molar refractivity (Wildman–Crippen MR) is 168 cm³/mol. The standard InChI is InChI=1S/C35H28N2O6S/c1-20-16-24-17-23(10-15-28(24)43-20)32(38)30-31(22-8-11-25(12-9-22)42-19-21-6-4-3-5-7-21)37(34(40)33(30)39)35-36-27-14-13-26(41-2)18-29(27)44-35/h3-15,17-18,20,31,38H,16,19H2,1-2H3/t20-,31-/m0/s1. The molecule has 2 atom stereocenters. The van der Waals surface area contributed by atoms with E-state index in [4.69, 9.17) is 19.2 Å². The van der Waals surface area contributed by atoms with Gasteiger partial charge in [-0.3, -0.25) is 14.5 Å². The zero-order valence-electron chi connectivity index (χ0n) is 24.0. The molecule has 0 saturated carbocycles. The van der Waals surface area contributed by atoms with Crippen molar-refractivity contribution in [2.45, 2.75) is 32.1 Å². The Hall–Kier alpha value is -5.15. The molecular weight excluding hydrogens is 576 g/mol. The van der Waals surface area contributed by atoms with Crippen LogP contribution in [-0.4, -0.2) is 35.0 Å². The lowest BCUT2D eigenvalue weighted by Crippen LogP contribution is -2.29. The number of methoxy groups -OCH3 is 1. The van der Waals surface area contributed by atoms with E-state index >= 15 is 0 Å². The van der Waals surface area contributed by atoms with Gasteiger partial charge >= 0.3 is 5.91 Å². The molecule has 4 aromatic carbocycles. The highest BCUT2D eigenvalue weighted by atomic mass is 32.1. The highest BCUT2D eigenvalue weighted by Crippen LogP contribution is 2.45. The van der Waals surface area contributed by atoms with Gasteiger partial charge in [0.2, 0.25) is 0 Å². The first kappa shape index (κ1) is 27.7. The molecule has 1 aromatic heterocycles. The summed E-state index contributed by atoms with van der Waals surface area (Å²) in [6.45, 7) is 2.38. The Morgan fingerprint density at radius 1 is 1.00 bits per heavy atom. The van der Waals surface area contributed by atoms with Crippen molar-refractivity contribution in [1.29, 1.82) is 0 Å². The van der Waals surface area contributed by atoms with Gasteiger partial charge in [-0.1, -0.05) is 53.8 Å². The molecule has 1 amide bonds. The van der Waals surface area contributed by atoms with Crippen molar-refractivity contribution >= 4 is 44.1 Å². The number of hydrogen-bond donors (Lipinski definition) is 1. The lowest BCUT2D eigenvalue weighted by Gasteiger charge is -2.23. The van der Waals surface area contributed by atoms with Gasteiger partial charge in [-0.25, -0.2) is 4.98 Å². The summed E-state index contributed by atoms with van der Waals surface area (Å²) in [5.74, 6) is 0.262. The Morgan fingerprint density at radius 3 is 2.55 bits per heavy atom. The van der Waals surface area contributed by atoms with E-state index in [1.54, 1.807) is 37.4 Å². The highest BCUT2D eigenvalue weighted by Gasteiger charge is 2.48. The average molecular weight is 605 g/mol. The molecule has 0 spiro atoms. The number of aliphatic hydroxyl groups excluding tert-OH is 1. The topological polar surface area (TPSA) is 98.2 Å². The Balaban J connectivity index is 1.31. The second-order valence-corrected chi connectivity index (χ2v) is 11.8. The summed E-state index contributed by atoms with van der Waals surface area (Å²) in [6, 6.07) is 26.9. The normalized spacial score (nSPS) is 18.8. The van der Waals surface area contributed by atoms with Crippen LogP contribution >= 0.6 is 11.3 Å². The third-order valence-electron chi connectivity index (χ3n) is 7.85. The third-order valence-corrected chi connectivity index (χ3v) is 8.87. The maximum absolute atomic E-state index is 13.7. The number of rotatable bonds is 7. The van der Waals surface area contributed by atoms with E-state index < -0.39 is 17.7 Å². The van der Waals surface area contributed by atoms with E-state index in [1.165, 1.54) is 16.2 Å². The summed E-state index contributed by atoms with van der Waals surface area (Å²) < 4.78 is 18.0. The van der Waals surface area contributed by atoms with Gasteiger partial charge in [0.15, 0.2) is 5.13 Å². The summed E-state index contributed by atoms with van der Waals surface area (Å²) in [7, 11) is 1.58. The fourth-order valence-corrected chi connectivity index (χ4v) is 6.70. The Kier molecular flexibility index (Phi) is 7.02. The number of thiazole rings is 1. The van der Waals surface area contributed by atoms with Crippen LogP contribution < -0.4 is 19.1 Å². The zero-order chi connectivity index (χ0) is 30.4. The summed E-state index contributed by atoms with van der Waals surface area (Å²) in [5, 5.41) is 12.0. The number of amides is 1. The van der Waals surface area contributed by atoms with Crippen LogP contribution in [0.25, 0.3) is 16.0 Å². The molecule has 0 unspecified atom stereocenters. The molecular formula is C35H28N2O6S. The molecule has 220 valence electrons. The van der Waals surface area contributed by atoms with Crippen LogP contribution in [-0.2, 0) is 22.6 Å². The van der Waals surface area contributed by atoms with Crippen LogP contribution in [0.3, 0.4) is 0 Å². The number of carbonyl (C=O) groups excluding carboxylic acids is 2. The molecule has 9 heteroatoms. The van der Waals surface area contributed by atoms with E-state index in [-0.39, 0.29) is 17.4 Å². The minimum absolute atomic E-state index is 0.00305. The number of aromatic nitrogens is 1. The summed E-state index contributed by atoms with van der Waals surface area (Å²) in [5.41, 5.74) is 3.72. The molecule has 0 radical (unpaired) electrons. The fraction of sp³-hybridized carbons (Fsp3) is 0.171. The number of aliphatic hydroxyl groups is 1. The van der Waals surface area contributed by atoms with Gasteiger partial charge in [0.25, 0.3) is 5.78 Å². The minimum Gasteiger partial charge on any atom is -0.507 e. The van der Waals surface area contributed by atoms with Gasteiger partial charge in [-0.15, -0.1) is 0 Å². The largest absolute Gasteiger partial charge is 0.507 e. The Morgan fingerprint density at radius 2 is 1.77 bits per heavy atom. The van der Waals surface area contributed by atoms with E-state index in [1.807, 2.05) is 67.6 Å². The van der Waals surface area contributed by atoms with Gasteiger partial charge < -0.3 is 19.3 Å². The van der Waals surface area contributed by atoms with Gasteiger partial charge in [0.1, 0.15) is 35.7 Å². The fourth-order valence-electron chi connectivity index (χ4n) is 5.68. The second-order valence-electron chi connectivity index (χ2n) is 10.8. The number of anilines is 1. The maximum Gasteiger partial charge on any atom is 0.301 e.